The van der Waals surface area contributed by atoms with Gasteiger partial charge in [-0.2, -0.15) is 5.10 Å². The van der Waals surface area contributed by atoms with Crippen molar-refractivity contribution in [1.82, 2.24) is 14.3 Å². The molecule has 2 aromatic carbocycles. The quantitative estimate of drug-likeness (QED) is 0.564. The Kier molecular flexibility index (Phi) is 4.53. The number of halogens is 1. The molecule has 0 unspecified atom stereocenters. The summed E-state index contributed by atoms with van der Waals surface area (Å²) in [4.78, 5) is 13.1. The SMILES string of the molecule is Cc1cccc(NC(=O)c2cnn(-c3ccc(F)cc3)c2-n2cccc2)c1C. The monoisotopic (exact) mass is 374 g/mol. The van der Waals surface area contributed by atoms with E-state index in [1.54, 1.807) is 16.8 Å². The lowest BCUT2D eigenvalue weighted by atomic mass is 10.1. The fourth-order valence-electron chi connectivity index (χ4n) is 3.07. The second-order valence-electron chi connectivity index (χ2n) is 6.56. The van der Waals surface area contributed by atoms with Gasteiger partial charge in [-0.25, -0.2) is 9.07 Å². The fourth-order valence-corrected chi connectivity index (χ4v) is 3.07. The van der Waals surface area contributed by atoms with Gasteiger partial charge in [-0.05, 0) is 67.4 Å². The number of carbonyl (C=O) groups is 1. The number of anilines is 1. The molecule has 140 valence electrons. The van der Waals surface area contributed by atoms with Crippen molar-refractivity contribution in [3.8, 4) is 11.5 Å². The van der Waals surface area contributed by atoms with Crippen LogP contribution in [0, 0.1) is 19.7 Å². The summed E-state index contributed by atoms with van der Waals surface area (Å²) in [5.74, 6) is -0.00325. The van der Waals surface area contributed by atoms with Crippen molar-refractivity contribution in [3.05, 3.63) is 95.7 Å². The predicted octanol–water partition coefficient (Wildman–Crippen LogP) is 4.67. The van der Waals surface area contributed by atoms with Crippen molar-refractivity contribution < 1.29 is 9.18 Å². The van der Waals surface area contributed by atoms with Crippen LogP contribution in [0.5, 0.6) is 0 Å². The highest BCUT2D eigenvalue weighted by Gasteiger charge is 2.20. The normalized spacial score (nSPS) is 10.8. The summed E-state index contributed by atoms with van der Waals surface area (Å²) in [5.41, 5.74) is 3.96. The molecule has 4 rings (SSSR count). The molecule has 0 spiro atoms. The Labute approximate surface area is 162 Å². The van der Waals surface area contributed by atoms with Crippen molar-refractivity contribution >= 4 is 11.6 Å². The molecule has 2 heterocycles. The summed E-state index contributed by atoms with van der Waals surface area (Å²) < 4.78 is 16.8. The molecular weight excluding hydrogens is 355 g/mol. The standard InChI is InChI=1S/C22H19FN4O/c1-15-6-5-7-20(16(15)2)25-21(28)19-14-24-27(18-10-8-17(23)9-11-18)22(19)26-12-3-4-13-26/h3-14H,1-2H3,(H,25,28). The van der Waals surface area contributed by atoms with Gasteiger partial charge in [0.1, 0.15) is 11.4 Å². The minimum Gasteiger partial charge on any atom is -0.322 e. The van der Waals surface area contributed by atoms with Crippen molar-refractivity contribution in [2.24, 2.45) is 0 Å². The van der Waals surface area contributed by atoms with Gasteiger partial charge >= 0.3 is 0 Å². The Morgan fingerprint density at radius 1 is 1.00 bits per heavy atom. The highest BCUT2D eigenvalue weighted by molar-refractivity contribution is 6.06. The third-order valence-electron chi connectivity index (χ3n) is 4.76. The molecule has 0 saturated heterocycles. The summed E-state index contributed by atoms with van der Waals surface area (Å²) in [6.07, 6.45) is 5.20. The Balaban J connectivity index is 1.78. The number of rotatable bonds is 4. The number of amides is 1. The number of hydrogen-bond donors (Lipinski definition) is 1. The topological polar surface area (TPSA) is 51.9 Å². The smallest absolute Gasteiger partial charge is 0.261 e. The summed E-state index contributed by atoms with van der Waals surface area (Å²) in [6, 6.07) is 15.5. The van der Waals surface area contributed by atoms with Gasteiger partial charge in [0.2, 0.25) is 0 Å². The maximum Gasteiger partial charge on any atom is 0.261 e. The zero-order valence-electron chi connectivity index (χ0n) is 15.6. The van der Waals surface area contributed by atoms with Crippen molar-refractivity contribution in [1.29, 1.82) is 0 Å². The average Bonchev–Trinajstić information content (AvgIpc) is 3.35. The first-order valence-corrected chi connectivity index (χ1v) is 8.89. The van der Waals surface area contributed by atoms with Crippen LogP contribution >= 0.6 is 0 Å². The summed E-state index contributed by atoms with van der Waals surface area (Å²) >= 11 is 0. The molecule has 1 N–H and O–H groups in total. The van der Waals surface area contributed by atoms with Crippen LogP contribution in [-0.4, -0.2) is 20.3 Å². The number of aryl methyl sites for hydroxylation is 1. The van der Waals surface area contributed by atoms with E-state index in [1.807, 2.05) is 61.1 Å². The number of nitrogens with one attached hydrogen (secondary N) is 1. The third-order valence-corrected chi connectivity index (χ3v) is 4.76. The van der Waals surface area contributed by atoms with Crippen LogP contribution in [0.3, 0.4) is 0 Å². The van der Waals surface area contributed by atoms with Crippen LogP contribution in [0.4, 0.5) is 10.1 Å². The largest absolute Gasteiger partial charge is 0.322 e. The lowest BCUT2D eigenvalue weighted by Gasteiger charge is -2.13. The first-order chi connectivity index (χ1) is 13.5. The van der Waals surface area contributed by atoms with Crippen molar-refractivity contribution in [2.45, 2.75) is 13.8 Å². The van der Waals surface area contributed by atoms with E-state index in [0.717, 1.165) is 16.8 Å². The van der Waals surface area contributed by atoms with Gasteiger partial charge < -0.3 is 9.88 Å². The Morgan fingerprint density at radius 2 is 1.71 bits per heavy atom. The molecule has 0 aliphatic rings. The van der Waals surface area contributed by atoms with E-state index in [-0.39, 0.29) is 11.7 Å². The van der Waals surface area contributed by atoms with Crippen LogP contribution in [0.25, 0.3) is 11.5 Å². The molecule has 2 aromatic heterocycles. The number of nitrogens with zero attached hydrogens (tertiary/aromatic N) is 3. The Morgan fingerprint density at radius 3 is 2.43 bits per heavy atom. The average molecular weight is 374 g/mol. The number of benzene rings is 2. The predicted molar refractivity (Wildman–Crippen MR) is 107 cm³/mol. The van der Waals surface area contributed by atoms with E-state index >= 15 is 0 Å². The van der Waals surface area contributed by atoms with E-state index in [1.165, 1.54) is 18.3 Å². The number of hydrogen-bond acceptors (Lipinski definition) is 2. The molecule has 0 bridgehead atoms. The van der Waals surface area contributed by atoms with Gasteiger partial charge in [0.25, 0.3) is 5.91 Å². The molecule has 0 aliphatic heterocycles. The van der Waals surface area contributed by atoms with Crippen LogP contribution in [0.1, 0.15) is 21.5 Å². The van der Waals surface area contributed by atoms with Crippen LogP contribution < -0.4 is 5.32 Å². The minimum absolute atomic E-state index is 0.259. The first kappa shape index (κ1) is 17.7. The molecule has 28 heavy (non-hydrogen) atoms. The molecule has 0 radical (unpaired) electrons. The second kappa shape index (κ2) is 7.15. The highest BCUT2D eigenvalue weighted by atomic mass is 19.1. The molecule has 1 amide bonds. The molecule has 0 aliphatic carbocycles. The molecule has 6 heteroatoms. The summed E-state index contributed by atoms with van der Waals surface area (Å²) in [5, 5.41) is 7.37. The van der Waals surface area contributed by atoms with Gasteiger partial charge in [0.05, 0.1) is 11.9 Å². The Bertz CT molecular complexity index is 1130. The van der Waals surface area contributed by atoms with E-state index in [0.29, 0.717) is 17.1 Å². The highest BCUT2D eigenvalue weighted by Crippen LogP contribution is 2.23. The lowest BCUT2D eigenvalue weighted by molar-refractivity contribution is 0.102. The van der Waals surface area contributed by atoms with Crippen LogP contribution in [-0.2, 0) is 0 Å². The number of carbonyl (C=O) groups excluding carboxylic acids is 1. The molecule has 4 aromatic rings. The summed E-state index contributed by atoms with van der Waals surface area (Å²) in [6.45, 7) is 3.97. The van der Waals surface area contributed by atoms with E-state index in [4.69, 9.17) is 0 Å². The second-order valence-corrected chi connectivity index (χ2v) is 6.56. The fraction of sp³-hybridized carbons (Fsp3) is 0.0909. The van der Waals surface area contributed by atoms with Crippen molar-refractivity contribution in [2.75, 3.05) is 5.32 Å². The number of aromatic nitrogens is 3. The zero-order valence-corrected chi connectivity index (χ0v) is 15.6. The Hall–Kier alpha value is -3.67. The molecule has 0 atom stereocenters. The molecule has 5 nitrogen and oxygen atoms in total. The zero-order chi connectivity index (χ0) is 19.7. The van der Waals surface area contributed by atoms with Gasteiger partial charge in [-0.1, -0.05) is 12.1 Å². The first-order valence-electron chi connectivity index (χ1n) is 8.89. The van der Waals surface area contributed by atoms with Gasteiger partial charge in [0.15, 0.2) is 5.82 Å². The van der Waals surface area contributed by atoms with E-state index in [9.17, 15) is 9.18 Å². The van der Waals surface area contributed by atoms with Gasteiger partial charge in [-0.3, -0.25) is 4.79 Å². The maximum atomic E-state index is 13.3. The molecule has 0 saturated carbocycles. The van der Waals surface area contributed by atoms with Gasteiger partial charge in [-0.15, -0.1) is 0 Å². The lowest BCUT2D eigenvalue weighted by Crippen LogP contribution is -2.16. The van der Waals surface area contributed by atoms with E-state index < -0.39 is 0 Å². The third kappa shape index (κ3) is 3.20. The van der Waals surface area contributed by atoms with E-state index in [2.05, 4.69) is 10.4 Å². The van der Waals surface area contributed by atoms with Crippen LogP contribution in [0.2, 0.25) is 0 Å². The van der Waals surface area contributed by atoms with Crippen molar-refractivity contribution in [3.63, 3.8) is 0 Å². The maximum absolute atomic E-state index is 13.3. The minimum atomic E-state index is -0.327. The van der Waals surface area contributed by atoms with Crippen LogP contribution in [0.15, 0.2) is 73.2 Å². The van der Waals surface area contributed by atoms with Gasteiger partial charge in [0, 0.05) is 18.1 Å². The molecule has 0 fully saturated rings. The summed E-state index contributed by atoms with van der Waals surface area (Å²) in [7, 11) is 0. The molecular formula is C22H19FN4O.